The maximum Gasteiger partial charge on any atom is 0.178 e. The highest BCUT2D eigenvalue weighted by Gasteiger charge is 2.19. The van der Waals surface area contributed by atoms with E-state index in [9.17, 15) is 15.0 Å². The van der Waals surface area contributed by atoms with Crippen molar-refractivity contribution in [3.8, 4) is 0 Å². The van der Waals surface area contributed by atoms with Crippen LogP contribution in [-0.2, 0) is 0 Å². The van der Waals surface area contributed by atoms with Crippen molar-refractivity contribution in [1.82, 2.24) is 4.98 Å². The van der Waals surface area contributed by atoms with Crippen molar-refractivity contribution in [3.05, 3.63) is 29.6 Å². The molecule has 0 amide bonds. The lowest BCUT2D eigenvalue weighted by atomic mass is 10.1. The third kappa shape index (κ3) is 3.10. The van der Waals surface area contributed by atoms with Gasteiger partial charge >= 0.3 is 0 Å². The van der Waals surface area contributed by atoms with Gasteiger partial charge in [-0.15, -0.1) is 0 Å². The molecule has 0 aliphatic carbocycles. The molecule has 1 aromatic heterocycles. The Labute approximate surface area is 93.4 Å². The second-order valence-corrected chi connectivity index (χ2v) is 3.53. The van der Waals surface area contributed by atoms with Crippen LogP contribution < -0.4 is 0 Å². The summed E-state index contributed by atoms with van der Waals surface area (Å²) in [5, 5.41) is 27.8. The Balaban J connectivity index is 2.86. The van der Waals surface area contributed by atoms with Gasteiger partial charge in [-0.1, -0.05) is 6.07 Å². The number of aliphatic hydroxyl groups is 3. The number of Topliss-reactive ketones (excluding diaryl/α,β-unsaturated/α-hetero) is 1. The zero-order valence-electron chi connectivity index (χ0n) is 9.00. The molecule has 5 heteroatoms. The van der Waals surface area contributed by atoms with Gasteiger partial charge in [-0.3, -0.25) is 4.79 Å². The molecule has 0 saturated carbocycles. The molecule has 3 N–H and O–H groups in total. The van der Waals surface area contributed by atoms with Crippen LogP contribution in [0.3, 0.4) is 0 Å². The molecule has 0 fully saturated rings. The number of rotatable bonds is 5. The van der Waals surface area contributed by atoms with Crippen molar-refractivity contribution in [1.29, 1.82) is 0 Å². The molecule has 0 bridgehead atoms. The standard InChI is InChI=1S/C11H15NO4/c1-7(14)8-3-2-4-9(12-8)11(16)10(15)5-6-13/h2-4,10-11,13,15-16H,5-6H2,1H3. The maximum absolute atomic E-state index is 11.1. The van der Waals surface area contributed by atoms with Crippen LogP contribution in [0.1, 0.15) is 35.6 Å². The van der Waals surface area contributed by atoms with Crippen LogP contribution in [0.25, 0.3) is 0 Å². The first-order valence-electron chi connectivity index (χ1n) is 5.01. The van der Waals surface area contributed by atoms with E-state index in [1.807, 2.05) is 0 Å². The number of hydrogen-bond acceptors (Lipinski definition) is 5. The van der Waals surface area contributed by atoms with Gasteiger partial charge in [0.2, 0.25) is 0 Å². The van der Waals surface area contributed by atoms with Gasteiger partial charge in [-0.2, -0.15) is 0 Å². The summed E-state index contributed by atoms with van der Waals surface area (Å²) in [5.41, 5.74) is 0.474. The summed E-state index contributed by atoms with van der Waals surface area (Å²) in [7, 11) is 0. The summed E-state index contributed by atoms with van der Waals surface area (Å²) in [6.45, 7) is 1.16. The smallest absolute Gasteiger partial charge is 0.178 e. The van der Waals surface area contributed by atoms with Crippen molar-refractivity contribution in [2.75, 3.05) is 6.61 Å². The van der Waals surface area contributed by atoms with Crippen molar-refractivity contribution >= 4 is 5.78 Å². The van der Waals surface area contributed by atoms with E-state index < -0.39 is 12.2 Å². The van der Waals surface area contributed by atoms with Gasteiger partial charge in [-0.05, 0) is 18.6 Å². The van der Waals surface area contributed by atoms with Gasteiger partial charge < -0.3 is 15.3 Å². The highest BCUT2D eigenvalue weighted by molar-refractivity contribution is 5.92. The minimum absolute atomic E-state index is 0.0626. The van der Waals surface area contributed by atoms with Gasteiger partial charge in [0.1, 0.15) is 11.8 Å². The predicted octanol–water partition coefficient (Wildman–Crippen LogP) is 0.0609. The van der Waals surface area contributed by atoms with Gasteiger partial charge in [-0.25, -0.2) is 4.98 Å². The lowest BCUT2D eigenvalue weighted by Gasteiger charge is -2.16. The highest BCUT2D eigenvalue weighted by atomic mass is 16.3. The first-order valence-corrected chi connectivity index (χ1v) is 5.01. The molecular weight excluding hydrogens is 210 g/mol. The van der Waals surface area contributed by atoms with Crippen LogP contribution in [0.5, 0.6) is 0 Å². The summed E-state index contributed by atoms with van der Waals surface area (Å²) in [5.74, 6) is -0.203. The number of pyridine rings is 1. The molecule has 2 unspecified atom stereocenters. The Hall–Kier alpha value is -1.30. The van der Waals surface area contributed by atoms with E-state index in [0.29, 0.717) is 0 Å². The summed E-state index contributed by atoms with van der Waals surface area (Å²) in [6, 6.07) is 4.66. The van der Waals surface area contributed by atoms with Crippen LogP contribution in [0.4, 0.5) is 0 Å². The summed E-state index contributed by atoms with van der Waals surface area (Å²) < 4.78 is 0. The Morgan fingerprint density at radius 1 is 1.44 bits per heavy atom. The zero-order chi connectivity index (χ0) is 12.1. The molecule has 0 saturated heterocycles. The SMILES string of the molecule is CC(=O)c1cccc(C(O)C(O)CCO)n1. The van der Waals surface area contributed by atoms with Gasteiger partial charge in [0.25, 0.3) is 0 Å². The van der Waals surface area contributed by atoms with Crippen LogP contribution in [0.2, 0.25) is 0 Å². The molecule has 0 aromatic carbocycles. The average Bonchev–Trinajstić information content (AvgIpc) is 2.28. The summed E-state index contributed by atoms with van der Waals surface area (Å²) in [4.78, 5) is 15.0. The van der Waals surface area contributed by atoms with E-state index in [-0.39, 0.29) is 30.2 Å². The average molecular weight is 225 g/mol. The molecule has 16 heavy (non-hydrogen) atoms. The zero-order valence-corrected chi connectivity index (χ0v) is 9.00. The Morgan fingerprint density at radius 3 is 2.69 bits per heavy atom. The molecule has 1 heterocycles. The largest absolute Gasteiger partial charge is 0.396 e. The first kappa shape index (κ1) is 12.8. The quantitative estimate of drug-likeness (QED) is 0.616. The molecule has 0 aliphatic heterocycles. The monoisotopic (exact) mass is 225 g/mol. The Morgan fingerprint density at radius 2 is 2.12 bits per heavy atom. The molecule has 1 aromatic rings. The van der Waals surface area contributed by atoms with Crippen molar-refractivity contribution < 1.29 is 20.1 Å². The van der Waals surface area contributed by atoms with E-state index in [0.717, 1.165) is 0 Å². The summed E-state index contributed by atoms with van der Waals surface area (Å²) >= 11 is 0. The maximum atomic E-state index is 11.1. The number of nitrogens with zero attached hydrogens (tertiary/aromatic N) is 1. The van der Waals surface area contributed by atoms with Crippen molar-refractivity contribution in [2.45, 2.75) is 25.6 Å². The number of aromatic nitrogens is 1. The van der Waals surface area contributed by atoms with Crippen molar-refractivity contribution in [2.24, 2.45) is 0 Å². The Bertz CT molecular complexity index is 367. The molecule has 1 rings (SSSR count). The molecule has 2 atom stereocenters. The second-order valence-electron chi connectivity index (χ2n) is 3.53. The van der Waals surface area contributed by atoms with E-state index in [4.69, 9.17) is 5.11 Å². The number of ketones is 1. The predicted molar refractivity (Wildman–Crippen MR) is 56.9 cm³/mol. The molecule has 0 spiro atoms. The summed E-state index contributed by atoms with van der Waals surface area (Å²) in [6.07, 6.45) is -2.21. The van der Waals surface area contributed by atoms with Gasteiger partial charge in [0.05, 0.1) is 11.8 Å². The van der Waals surface area contributed by atoms with Crippen LogP contribution >= 0.6 is 0 Å². The van der Waals surface area contributed by atoms with Crippen LogP contribution in [-0.4, -0.2) is 38.8 Å². The minimum Gasteiger partial charge on any atom is -0.396 e. The molecule has 0 radical (unpaired) electrons. The third-order valence-electron chi connectivity index (χ3n) is 2.22. The number of hydrogen-bond donors (Lipinski definition) is 3. The van der Waals surface area contributed by atoms with Crippen molar-refractivity contribution in [3.63, 3.8) is 0 Å². The number of carbonyl (C=O) groups is 1. The second kappa shape index (κ2) is 5.69. The van der Waals surface area contributed by atoms with E-state index >= 15 is 0 Å². The van der Waals surface area contributed by atoms with E-state index in [2.05, 4.69) is 4.98 Å². The molecule has 5 nitrogen and oxygen atoms in total. The fraction of sp³-hybridized carbons (Fsp3) is 0.455. The number of aliphatic hydroxyl groups excluding tert-OH is 3. The fourth-order valence-corrected chi connectivity index (χ4v) is 1.30. The number of carbonyl (C=O) groups excluding carboxylic acids is 1. The normalized spacial score (nSPS) is 14.5. The first-order chi connectivity index (χ1) is 7.56. The van der Waals surface area contributed by atoms with E-state index in [1.54, 1.807) is 6.07 Å². The third-order valence-corrected chi connectivity index (χ3v) is 2.22. The Kier molecular flexibility index (Phi) is 4.54. The molecule has 88 valence electrons. The molecular formula is C11H15NO4. The highest BCUT2D eigenvalue weighted by Crippen LogP contribution is 2.17. The molecule has 0 aliphatic rings. The lowest BCUT2D eigenvalue weighted by Crippen LogP contribution is -2.21. The minimum atomic E-state index is -1.19. The van der Waals surface area contributed by atoms with Gasteiger partial charge in [0, 0.05) is 13.5 Å². The lowest BCUT2D eigenvalue weighted by molar-refractivity contribution is 0.00184. The topological polar surface area (TPSA) is 90.7 Å². The van der Waals surface area contributed by atoms with Crippen LogP contribution in [0.15, 0.2) is 18.2 Å². The van der Waals surface area contributed by atoms with Crippen LogP contribution in [0, 0.1) is 0 Å². The fourth-order valence-electron chi connectivity index (χ4n) is 1.30. The van der Waals surface area contributed by atoms with E-state index in [1.165, 1.54) is 19.1 Å². The van der Waals surface area contributed by atoms with Gasteiger partial charge in [0.15, 0.2) is 5.78 Å².